The molecule has 0 amide bonds. The van der Waals surface area contributed by atoms with Crippen molar-refractivity contribution in [3.63, 3.8) is 0 Å². The molecule has 14 nitrogen and oxygen atoms in total. The first-order valence-corrected chi connectivity index (χ1v) is 20.7. The fraction of sp³-hybridized carbons (Fsp3) is 0.575. The Morgan fingerprint density at radius 1 is 0.491 bits per heavy atom. The topological polar surface area (TPSA) is 244 Å². The normalized spacial score (nSPS) is 25.0. The summed E-state index contributed by atoms with van der Waals surface area (Å²) in [4.78, 5) is 44.1. The quantitative estimate of drug-likeness (QED) is 0.136. The zero-order valence-corrected chi connectivity index (χ0v) is 33.9. The predicted octanol–water partition coefficient (Wildman–Crippen LogP) is 7.23. The number of nitrogens with two attached hydrogens (primary N) is 4. The number of ketones is 1. The lowest BCUT2D eigenvalue weighted by Gasteiger charge is -2.24. The van der Waals surface area contributed by atoms with Crippen LogP contribution in [0.15, 0.2) is 48.0 Å². The Morgan fingerprint density at radius 3 is 1.21 bits per heavy atom. The highest BCUT2D eigenvalue weighted by molar-refractivity contribution is 9.10. The Hall–Kier alpha value is -4.51. The van der Waals surface area contributed by atoms with Gasteiger partial charge >= 0.3 is 0 Å². The first-order chi connectivity index (χ1) is 27.4. The average molecular weight is 854 g/mol. The second-order valence-corrected chi connectivity index (χ2v) is 16.0. The van der Waals surface area contributed by atoms with Gasteiger partial charge in [0.1, 0.15) is 40.2 Å². The van der Waals surface area contributed by atoms with Gasteiger partial charge < -0.3 is 28.0 Å². The van der Waals surface area contributed by atoms with Gasteiger partial charge in [-0.25, -0.2) is 33.7 Å². The van der Waals surface area contributed by atoms with Gasteiger partial charge in [-0.2, -0.15) is 0 Å². The SMILES string of the molecule is Nc1cnc(C2CCC(=O)CC2)cn1.Nc1cnc(C2CCC(F)CC2)cn1.Nc1cnc(C2CCC(O)CC2)cn1.Nc1ncc(C2CCC(F)CC2)nc1Br. The van der Waals surface area contributed by atoms with E-state index in [1.165, 1.54) is 0 Å². The highest BCUT2D eigenvalue weighted by Gasteiger charge is 2.25. The minimum Gasteiger partial charge on any atom is -0.393 e. The number of carbonyl (C=O) groups is 1. The number of aromatic nitrogens is 8. The van der Waals surface area contributed by atoms with E-state index in [2.05, 4.69) is 55.8 Å². The molecule has 4 aromatic heterocycles. The number of Topliss-reactive ketones (excluding diaryl/α,β-unsaturated/α-hetero) is 1. The highest BCUT2D eigenvalue weighted by Crippen LogP contribution is 2.35. The minimum absolute atomic E-state index is 0.118. The van der Waals surface area contributed by atoms with Gasteiger partial charge in [0.15, 0.2) is 5.82 Å². The molecule has 9 N–H and O–H groups in total. The van der Waals surface area contributed by atoms with Crippen LogP contribution in [0.25, 0.3) is 0 Å². The molecule has 0 spiro atoms. The summed E-state index contributed by atoms with van der Waals surface area (Å²) in [6.07, 6.45) is 23.2. The van der Waals surface area contributed by atoms with E-state index >= 15 is 0 Å². The van der Waals surface area contributed by atoms with E-state index in [-0.39, 0.29) is 6.10 Å². The molecule has 4 aliphatic rings. The third kappa shape index (κ3) is 14.1. The summed E-state index contributed by atoms with van der Waals surface area (Å²) < 4.78 is 26.4. The number of nitrogens with zero attached hydrogens (tertiary/aromatic N) is 8. The van der Waals surface area contributed by atoms with E-state index in [9.17, 15) is 18.7 Å². The number of hydrogen-bond donors (Lipinski definition) is 5. The van der Waals surface area contributed by atoms with Gasteiger partial charge in [0.2, 0.25) is 0 Å². The zero-order chi connectivity index (χ0) is 40.7. The van der Waals surface area contributed by atoms with Crippen molar-refractivity contribution in [2.75, 3.05) is 22.9 Å². The van der Waals surface area contributed by atoms with Gasteiger partial charge in [0.25, 0.3) is 0 Å². The maximum absolute atomic E-state index is 13.0. The number of rotatable bonds is 4. The molecular formula is C40H55BrF2N12O2. The van der Waals surface area contributed by atoms with E-state index in [4.69, 9.17) is 22.9 Å². The molecule has 0 bridgehead atoms. The molecule has 0 atom stereocenters. The summed E-state index contributed by atoms with van der Waals surface area (Å²) in [5.41, 5.74) is 25.8. The van der Waals surface area contributed by atoms with E-state index in [0.29, 0.717) is 95.9 Å². The maximum Gasteiger partial charge on any atom is 0.156 e. The summed E-state index contributed by atoms with van der Waals surface area (Å²) in [6.45, 7) is 0. The van der Waals surface area contributed by atoms with Gasteiger partial charge in [-0.05, 0) is 106 Å². The Balaban J connectivity index is 0.000000145. The molecule has 0 unspecified atom stereocenters. The molecule has 308 valence electrons. The lowest BCUT2D eigenvalue weighted by atomic mass is 9.85. The summed E-state index contributed by atoms with van der Waals surface area (Å²) in [5, 5.41) is 9.36. The Morgan fingerprint density at radius 2 is 0.842 bits per heavy atom. The molecule has 17 heteroatoms. The van der Waals surface area contributed by atoms with Crippen molar-refractivity contribution in [3.05, 3.63) is 70.8 Å². The van der Waals surface area contributed by atoms with Gasteiger partial charge in [0.05, 0.1) is 72.3 Å². The number of anilines is 4. The van der Waals surface area contributed by atoms with Crippen molar-refractivity contribution in [2.45, 2.75) is 145 Å². The molecule has 0 aromatic carbocycles. The lowest BCUT2D eigenvalue weighted by molar-refractivity contribution is -0.120. The van der Waals surface area contributed by atoms with E-state index in [1.807, 2.05) is 0 Å². The van der Waals surface area contributed by atoms with Crippen LogP contribution in [-0.2, 0) is 4.79 Å². The van der Waals surface area contributed by atoms with Crippen molar-refractivity contribution in [2.24, 2.45) is 0 Å². The number of halogens is 3. The third-order valence-electron chi connectivity index (χ3n) is 11.1. The van der Waals surface area contributed by atoms with Crippen molar-refractivity contribution < 1.29 is 18.7 Å². The largest absolute Gasteiger partial charge is 0.393 e. The van der Waals surface area contributed by atoms with Crippen LogP contribution in [0.5, 0.6) is 0 Å². The van der Waals surface area contributed by atoms with Crippen molar-refractivity contribution in [3.8, 4) is 0 Å². The second-order valence-electron chi connectivity index (χ2n) is 15.3. The number of alkyl halides is 2. The summed E-state index contributed by atoms with van der Waals surface area (Å²) in [5.74, 6) is 3.66. The van der Waals surface area contributed by atoms with Crippen LogP contribution in [-0.4, -0.2) is 69.2 Å². The predicted molar refractivity (Wildman–Crippen MR) is 219 cm³/mol. The lowest BCUT2D eigenvalue weighted by Crippen LogP contribution is -2.17. The van der Waals surface area contributed by atoms with Crippen LogP contribution in [0.2, 0.25) is 0 Å². The van der Waals surface area contributed by atoms with Crippen LogP contribution in [0, 0.1) is 0 Å². The van der Waals surface area contributed by atoms with E-state index < -0.39 is 12.3 Å². The Bertz CT molecular complexity index is 1730. The molecule has 4 saturated carbocycles. The van der Waals surface area contributed by atoms with Gasteiger partial charge in [-0.3, -0.25) is 19.7 Å². The summed E-state index contributed by atoms with van der Waals surface area (Å²) >= 11 is 3.25. The molecular weight excluding hydrogens is 798 g/mol. The molecule has 4 aromatic rings. The molecule has 0 aliphatic heterocycles. The number of aliphatic hydroxyl groups is 1. The third-order valence-corrected chi connectivity index (χ3v) is 11.7. The Kier molecular flexibility index (Phi) is 16.7. The second kappa shape index (κ2) is 21.9. The van der Waals surface area contributed by atoms with E-state index in [1.54, 1.807) is 43.4 Å². The van der Waals surface area contributed by atoms with Crippen molar-refractivity contribution >= 4 is 45.0 Å². The van der Waals surface area contributed by atoms with Crippen molar-refractivity contribution in [1.82, 2.24) is 39.9 Å². The molecule has 0 radical (unpaired) electrons. The standard InChI is InChI=1S/C10H13BrFN3.C10H14FN3.C10H15N3O.C10H13N3O/c11-9-10(13)14-5-8(15-9)6-1-3-7(12)4-2-6;11-8-3-1-7(2-4-8)9-5-14-10(12)6-13-9;2*11-10-6-12-9(5-13-10)7-1-3-8(14)4-2-7/h5-7H,1-4H2,(H2,13,14);5-8H,1-4H2,(H2,12,14);5-8,14H,1-4H2,(H2,11,13);5-7H,1-4H2,(H2,11,13). The van der Waals surface area contributed by atoms with Gasteiger partial charge in [-0.15, -0.1) is 0 Å². The monoisotopic (exact) mass is 852 g/mol. The average Bonchev–Trinajstić information content (AvgIpc) is 3.22. The van der Waals surface area contributed by atoms with Crippen LogP contribution >= 0.6 is 15.9 Å². The molecule has 4 fully saturated rings. The molecule has 4 heterocycles. The first kappa shape index (κ1) is 43.6. The van der Waals surface area contributed by atoms with Crippen LogP contribution in [0.3, 0.4) is 0 Å². The maximum atomic E-state index is 13.0. The molecule has 0 saturated heterocycles. The van der Waals surface area contributed by atoms with Crippen LogP contribution < -0.4 is 22.9 Å². The van der Waals surface area contributed by atoms with Crippen LogP contribution in [0.4, 0.5) is 32.1 Å². The zero-order valence-electron chi connectivity index (χ0n) is 32.3. The smallest absolute Gasteiger partial charge is 0.156 e. The number of aliphatic hydroxyl groups excluding tert-OH is 1. The van der Waals surface area contributed by atoms with E-state index in [0.717, 1.165) is 87.0 Å². The highest BCUT2D eigenvalue weighted by atomic mass is 79.9. The first-order valence-electron chi connectivity index (χ1n) is 19.9. The summed E-state index contributed by atoms with van der Waals surface area (Å²) in [7, 11) is 0. The number of hydrogen-bond acceptors (Lipinski definition) is 14. The molecule has 4 aliphatic carbocycles. The molecule has 57 heavy (non-hydrogen) atoms. The minimum atomic E-state index is -0.633. The fourth-order valence-corrected chi connectivity index (χ4v) is 7.87. The van der Waals surface area contributed by atoms with Gasteiger partial charge in [0, 0.05) is 36.5 Å². The molecule has 8 rings (SSSR count). The van der Waals surface area contributed by atoms with Crippen molar-refractivity contribution in [1.29, 1.82) is 0 Å². The van der Waals surface area contributed by atoms with Crippen LogP contribution in [0.1, 0.15) is 149 Å². The summed E-state index contributed by atoms with van der Waals surface area (Å²) in [6, 6.07) is 0. The van der Waals surface area contributed by atoms with Gasteiger partial charge in [-0.1, -0.05) is 0 Å². The number of carbonyl (C=O) groups excluding carboxylic acids is 1. The number of nitrogen functional groups attached to an aromatic ring is 4. The Labute approximate surface area is 341 Å². The fourth-order valence-electron chi connectivity index (χ4n) is 7.57.